The monoisotopic (exact) mass is 367 g/mol. The first kappa shape index (κ1) is 17.8. The molecule has 1 atom stereocenters. The van der Waals surface area contributed by atoms with Crippen LogP contribution in [0.3, 0.4) is 0 Å². The molecule has 0 spiro atoms. The lowest BCUT2D eigenvalue weighted by atomic mass is 10.1. The van der Waals surface area contributed by atoms with E-state index in [1.807, 2.05) is 0 Å². The van der Waals surface area contributed by atoms with Crippen molar-refractivity contribution in [1.29, 1.82) is 0 Å². The first-order valence-electron chi connectivity index (χ1n) is 7.73. The third kappa shape index (κ3) is 3.52. The highest BCUT2D eigenvalue weighted by atomic mass is 16.4. The second-order valence-electron chi connectivity index (χ2n) is 5.57. The summed E-state index contributed by atoms with van der Waals surface area (Å²) in [6, 6.07) is 10.8. The van der Waals surface area contributed by atoms with E-state index in [-0.39, 0.29) is 11.3 Å². The van der Waals surface area contributed by atoms with Gasteiger partial charge in [-0.05, 0) is 24.3 Å². The average Bonchev–Trinajstić information content (AvgIpc) is 2.62. The third-order valence-corrected chi connectivity index (χ3v) is 3.80. The molecule has 9 nitrogen and oxygen atoms in total. The zero-order valence-corrected chi connectivity index (χ0v) is 13.7. The lowest BCUT2D eigenvalue weighted by Gasteiger charge is -2.28. The van der Waals surface area contributed by atoms with Gasteiger partial charge < -0.3 is 10.2 Å². The summed E-state index contributed by atoms with van der Waals surface area (Å²) in [5, 5.41) is 20.7. The van der Waals surface area contributed by atoms with Gasteiger partial charge in [0.05, 0.1) is 11.4 Å². The van der Waals surface area contributed by atoms with Crippen molar-refractivity contribution >= 4 is 41.4 Å². The van der Waals surface area contributed by atoms with E-state index in [4.69, 9.17) is 5.11 Å². The van der Waals surface area contributed by atoms with E-state index in [1.54, 1.807) is 30.3 Å². The number of urea groups is 1. The highest BCUT2D eigenvalue weighted by Gasteiger charge is 2.40. The number of barbiturate groups is 1. The van der Waals surface area contributed by atoms with Gasteiger partial charge in [-0.15, -0.1) is 0 Å². The number of nitrogens with one attached hydrogen (secondary N) is 1. The van der Waals surface area contributed by atoms with Crippen LogP contribution in [0.4, 0.5) is 16.2 Å². The summed E-state index contributed by atoms with van der Waals surface area (Å²) in [6.45, 7) is 0. The summed E-state index contributed by atoms with van der Waals surface area (Å²) in [6.07, 6.45) is 1.04. The predicted octanol–water partition coefficient (Wildman–Crippen LogP) is 1.69. The van der Waals surface area contributed by atoms with Gasteiger partial charge in [-0.1, -0.05) is 18.2 Å². The van der Waals surface area contributed by atoms with Crippen LogP contribution in [0.5, 0.6) is 5.75 Å². The number of carboxylic acids is 1. The van der Waals surface area contributed by atoms with Crippen molar-refractivity contribution in [2.24, 2.45) is 10.9 Å². The molecule has 1 saturated heterocycles. The van der Waals surface area contributed by atoms with E-state index in [1.165, 1.54) is 6.07 Å². The molecule has 0 radical (unpaired) electrons. The normalized spacial score (nSPS) is 17.3. The molecule has 1 fully saturated rings. The number of hydrogen-bond donors (Lipinski definition) is 3. The Hall–Kier alpha value is -4.01. The molecule has 0 bridgehead atoms. The largest absolute Gasteiger partial charge is 0.507 e. The topological polar surface area (TPSA) is 136 Å². The molecule has 3 N–H and O–H groups in total. The number of aromatic hydroxyl groups is 1. The van der Waals surface area contributed by atoms with Gasteiger partial charge in [-0.2, -0.15) is 0 Å². The molecule has 4 amide bonds. The van der Waals surface area contributed by atoms with Crippen molar-refractivity contribution in [1.82, 2.24) is 5.32 Å². The number of aliphatic imine (C=N–C) groups is 1. The number of amides is 4. The summed E-state index contributed by atoms with van der Waals surface area (Å²) in [7, 11) is 0. The first-order chi connectivity index (χ1) is 12.9. The van der Waals surface area contributed by atoms with Crippen molar-refractivity contribution in [3.63, 3.8) is 0 Å². The zero-order valence-electron chi connectivity index (χ0n) is 13.7. The van der Waals surface area contributed by atoms with Gasteiger partial charge in [0.1, 0.15) is 11.3 Å². The quantitative estimate of drug-likeness (QED) is 0.556. The lowest BCUT2D eigenvalue weighted by molar-refractivity contribution is -0.131. The number of rotatable bonds is 4. The van der Waals surface area contributed by atoms with Crippen molar-refractivity contribution in [2.45, 2.75) is 0 Å². The minimum absolute atomic E-state index is 0.140. The Kier molecular flexibility index (Phi) is 4.67. The second-order valence-corrected chi connectivity index (χ2v) is 5.57. The Labute approximate surface area is 152 Å². The molecule has 9 heteroatoms. The van der Waals surface area contributed by atoms with Crippen LogP contribution in [-0.2, 0) is 9.59 Å². The minimum Gasteiger partial charge on any atom is -0.507 e. The number of nitrogens with zero attached hydrogens (tertiary/aromatic N) is 2. The molecule has 0 saturated carbocycles. The SMILES string of the molecule is O=C(O)c1ccc(N=CC2C(=O)NC(=O)N(c3ccccc3)C2=O)cc1O. The van der Waals surface area contributed by atoms with Crippen LogP contribution >= 0.6 is 0 Å². The predicted molar refractivity (Wildman–Crippen MR) is 94.2 cm³/mol. The highest BCUT2D eigenvalue weighted by molar-refractivity contribution is 6.32. The van der Waals surface area contributed by atoms with Gasteiger partial charge in [0.15, 0.2) is 5.92 Å². The molecule has 27 heavy (non-hydrogen) atoms. The Morgan fingerprint density at radius 2 is 1.81 bits per heavy atom. The maximum atomic E-state index is 12.6. The van der Waals surface area contributed by atoms with E-state index in [9.17, 15) is 24.3 Å². The molecular weight excluding hydrogens is 354 g/mol. The maximum Gasteiger partial charge on any atom is 0.339 e. The fraction of sp³-hybridized carbons (Fsp3) is 0.0556. The number of carbonyl (C=O) groups is 4. The van der Waals surface area contributed by atoms with Gasteiger partial charge in [0, 0.05) is 12.3 Å². The van der Waals surface area contributed by atoms with Crippen LogP contribution < -0.4 is 10.2 Å². The number of aromatic carboxylic acids is 1. The maximum absolute atomic E-state index is 12.6. The molecular formula is C18H13N3O6. The smallest absolute Gasteiger partial charge is 0.339 e. The number of carboxylic acid groups (broad SMARTS) is 1. The Balaban J connectivity index is 1.87. The van der Waals surface area contributed by atoms with Crippen LogP contribution in [0.2, 0.25) is 0 Å². The number of para-hydroxylation sites is 1. The lowest BCUT2D eigenvalue weighted by Crippen LogP contribution is -2.58. The number of carbonyl (C=O) groups excluding carboxylic acids is 3. The molecule has 1 heterocycles. The van der Waals surface area contributed by atoms with Crippen LogP contribution in [0.15, 0.2) is 53.5 Å². The number of anilines is 1. The average molecular weight is 367 g/mol. The molecule has 136 valence electrons. The fourth-order valence-electron chi connectivity index (χ4n) is 2.49. The molecule has 2 aromatic rings. The van der Waals surface area contributed by atoms with Gasteiger partial charge in [-0.25, -0.2) is 14.5 Å². The van der Waals surface area contributed by atoms with E-state index >= 15 is 0 Å². The van der Waals surface area contributed by atoms with E-state index in [0.717, 1.165) is 23.2 Å². The number of benzene rings is 2. The van der Waals surface area contributed by atoms with Crippen LogP contribution in [0.1, 0.15) is 10.4 Å². The van der Waals surface area contributed by atoms with E-state index < -0.39 is 35.5 Å². The van der Waals surface area contributed by atoms with Crippen LogP contribution in [-0.4, -0.2) is 40.2 Å². The van der Waals surface area contributed by atoms with Gasteiger partial charge >= 0.3 is 12.0 Å². The van der Waals surface area contributed by atoms with Crippen molar-refractivity contribution in [3.05, 3.63) is 54.1 Å². The number of phenols is 1. The summed E-state index contributed by atoms with van der Waals surface area (Å²) in [5.74, 6) is -4.76. The number of hydrogen-bond acceptors (Lipinski definition) is 6. The van der Waals surface area contributed by atoms with Gasteiger partial charge in [-0.3, -0.25) is 19.9 Å². The number of imide groups is 2. The Morgan fingerprint density at radius 1 is 1.11 bits per heavy atom. The minimum atomic E-state index is -1.36. The van der Waals surface area contributed by atoms with E-state index in [0.29, 0.717) is 5.69 Å². The molecule has 1 aliphatic rings. The van der Waals surface area contributed by atoms with Crippen LogP contribution in [0, 0.1) is 5.92 Å². The molecule has 0 aromatic heterocycles. The standard InChI is InChI=1S/C18H13N3O6/c22-14-8-10(6-7-12(14)17(25)26)19-9-13-15(23)20-18(27)21(16(13)24)11-4-2-1-3-5-11/h1-9,13,22H,(H,25,26)(H,20,23,27). The van der Waals surface area contributed by atoms with E-state index in [2.05, 4.69) is 10.3 Å². The molecule has 0 aliphatic carbocycles. The van der Waals surface area contributed by atoms with Gasteiger partial charge in [0.25, 0.3) is 5.91 Å². The molecule has 3 rings (SSSR count). The molecule has 2 aromatic carbocycles. The van der Waals surface area contributed by atoms with Gasteiger partial charge in [0.2, 0.25) is 5.91 Å². The Bertz CT molecular complexity index is 970. The molecule has 1 aliphatic heterocycles. The third-order valence-electron chi connectivity index (χ3n) is 3.80. The summed E-state index contributed by atoms with van der Waals surface area (Å²) >= 11 is 0. The summed E-state index contributed by atoms with van der Waals surface area (Å²) < 4.78 is 0. The molecule has 1 unspecified atom stereocenters. The second kappa shape index (κ2) is 7.08. The van der Waals surface area contributed by atoms with Crippen molar-refractivity contribution in [2.75, 3.05) is 4.90 Å². The summed E-state index contributed by atoms with van der Waals surface area (Å²) in [4.78, 5) is 52.3. The first-order valence-corrected chi connectivity index (χ1v) is 7.73. The highest BCUT2D eigenvalue weighted by Crippen LogP contribution is 2.25. The van der Waals surface area contributed by atoms with Crippen molar-refractivity contribution < 1.29 is 29.4 Å². The zero-order chi connectivity index (χ0) is 19.6. The fourth-order valence-corrected chi connectivity index (χ4v) is 2.49. The Morgan fingerprint density at radius 3 is 2.44 bits per heavy atom. The summed E-state index contributed by atoms with van der Waals surface area (Å²) in [5.41, 5.74) is 0.136. The van der Waals surface area contributed by atoms with Crippen LogP contribution in [0.25, 0.3) is 0 Å². The van der Waals surface area contributed by atoms with Crippen molar-refractivity contribution in [3.8, 4) is 5.75 Å².